The monoisotopic (exact) mass is 223 g/mol. The third-order valence-corrected chi connectivity index (χ3v) is 5.71. The fraction of sp³-hybridized carbons (Fsp3) is 1.00. The smallest absolute Gasteiger partial charge is 0.0125 e. The first-order valence-corrected chi connectivity index (χ1v) is 6.82. The van der Waals surface area contributed by atoms with Crippen LogP contribution in [0.15, 0.2) is 0 Å². The molecule has 2 atom stereocenters. The van der Waals surface area contributed by atoms with Gasteiger partial charge < -0.3 is 0 Å². The molecule has 3 fully saturated rings. The molecule has 0 spiro atoms. The molecule has 0 N–H and O–H groups in total. The van der Waals surface area contributed by atoms with Crippen molar-refractivity contribution in [1.29, 1.82) is 0 Å². The van der Waals surface area contributed by atoms with Gasteiger partial charge in [0.05, 0.1) is 0 Å². The van der Waals surface area contributed by atoms with E-state index in [0.717, 1.165) is 11.8 Å². The molecular weight excluding hydrogens is 194 g/mol. The van der Waals surface area contributed by atoms with Crippen molar-refractivity contribution in [2.24, 2.45) is 22.7 Å². The molecule has 1 saturated carbocycles. The minimum atomic E-state index is 0.357. The molecule has 2 heterocycles. The summed E-state index contributed by atoms with van der Waals surface area (Å²) in [6.07, 6.45) is 1.47. The molecule has 16 heavy (non-hydrogen) atoms. The van der Waals surface area contributed by atoms with Crippen LogP contribution in [0.5, 0.6) is 0 Å². The molecule has 1 heteroatoms. The van der Waals surface area contributed by atoms with Crippen LogP contribution in [0, 0.1) is 22.7 Å². The standard InChI is InChI=1S/C15H29N/c1-13(2,3)15(7)11-8-12(15)10-16(9-11)14(4,5)6/h11-12H,8-10H2,1-7H3. The first-order valence-electron chi connectivity index (χ1n) is 6.82. The van der Waals surface area contributed by atoms with Crippen LogP contribution < -0.4 is 0 Å². The Labute approximate surface area is 102 Å². The summed E-state index contributed by atoms with van der Waals surface area (Å²) in [6.45, 7) is 19.5. The van der Waals surface area contributed by atoms with E-state index >= 15 is 0 Å². The minimum Gasteiger partial charge on any atom is -0.298 e. The van der Waals surface area contributed by atoms with Crippen LogP contribution in [0.1, 0.15) is 54.9 Å². The topological polar surface area (TPSA) is 3.24 Å². The lowest BCUT2D eigenvalue weighted by molar-refractivity contribution is -0.191. The van der Waals surface area contributed by atoms with Gasteiger partial charge in [0.25, 0.3) is 0 Å². The third kappa shape index (κ3) is 1.54. The van der Waals surface area contributed by atoms with E-state index in [1.165, 1.54) is 19.5 Å². The van der Waals surface area contributed by atoms with Gasteiger partial charge in [-0.1, -0.05) is 27.7 Å². The zero-order valence-corrected chi connectivity index (χ0v) is 12.2. The molecule has 0 radical (unpaired) electrons. The predicted octanol–water partition coefficient (Wildman–Crippen LogP) is 3.79. The van der Waals surface area contributed by atoms with E-state index < -0.39 is 0 Å². The van der Waals surface area contributed by atoms with Gasteiger partial charge in [0, 0.05) is 18.6 Å². The summed E-state index contributed by atoms with van der Waals surface area (Å²) >= 11 is 0. The highest BCUT2D eigenvalue weighted by molar-refractivity contribution is 5.11. The quantitative estimate of drug-likeness (QED) is 0.604. The second-order valence-corrected chi connectivity index (χ2v) is 8.24. The molecule has 2 saturated heterocycles. The Hall–Kier alpha value is -0.0400. The number of hydrogen-bond acceptors (Lipinski definition) is 1. The van der Waals surface area contributed by atoms with E-state index in [1.807, 2.05) is 0 Å². The Morgan fingerprint density at radius 1 is 0.938 bits per heavy atom. The fourth-order valence-electron chi connectivity index (χ4n) is 3.91. The molecule has 94 valence electrons. The maximum atomic E-state index is 2.69. The zero-order valence-electron chi connectivity index (χ0n) is 12.2. The van der Waals surface area contributed by atoms with Gasteiger partial charge in [-0.05, 0) is 49.9 Å². The normalized spacial score (nSPS) is 40.7. The molecular formula is C15H29N. The Morgan fingerprint density at radius 2 is 1.38 bits per heavy atom. The highest BCUT2D eigenvalue weighted by Crippen LogP contribution is 2.64. The first kappa shape index (κ1) is 12.4. The average Bonchev–Trinajstić information content (AvgIpc) is 2.13. The van der Waals surface area contributed by atoms with E-state index in [9.17, 15) is 0 Å². The Bertz CT molecular complexity index is 267. The van der Waals surface area contributed by atoms with Crippen molar-refractivity contribution in [1.82, 2.24) is 4.90 Å². The summed E-state index contributed by atoms with van der Waals surface area (Å²) in [5.41, 5.74) is 1.40. The Kier molecular flexibility index (Phi) is 2.52. The molecule has 0 aromatic rings. The summed E-state index contributed by atoms with van der Waals surface area (Å²) in [5, 5.41) is 0. The molecule has 0 amide bonds. The largest absolute Gasteiger partial charge is 0.298 e. The fourth-order valence-corrected chi connectivity index (χ4v) is 3.91. The lowest BCUT2D eigenvalue weighted by Crippen LogP contribution is -2.68. The summed E-state index contributed by atoms with van der Waals surface area (Å²) in [7, 11) is 0. The van der Waals surface area contributed by atoms with E-state index in [2.05, 4.69) is 53.4 Å². The van der Waals surface area contributed by atoms with Gasteiger partial charge in [-0.3, -0.25) is 4.90 Å². The molecule has 2 unspecified atom stereocenters. The van der Waals surface area contributed by atoms with Gasteiger partial charge in [-0.15, -0.1) is 0 Å². The first-order chi connectivity index (χ1) is 7.07. The van der Waals surface area contributed by atoms with Crippen LogP contribution in [-0.2, 0) is 0 Å². The maximum absolute atomic E-state index is 2.69. The molecule has 3 rings (SSSR count). The third-order valence-electron chi connectivity index (χ3n) is 5.71. The Balaban J connectivity index is 2.14. The maximum Gasteiger partial charge on any atom is 0.0125 e. The van der Waals surface area contributed by atoms with Crippen molar-refractivity contribution < 1.29 is 0 Å². The van der Waals surface area contributed by atoms with Crippen molar-refractivity contribution >= 4 is 0 Å². The molecule has 0 aromatic carbocycles. The number of nitrogens with zero attached hydrogens (tertiary/aromatic N) is 1. The summed E-state index contributed by atoms with van der Waals surface area (Å²) in [5.74, 6) is 1.84. The van der Waals surface area contributed by atoms with Crippen LogP contribution in [0.2, 0.25) is 0 Å². The van der Waals surface area contributed by atoms with Gasteiger partial charge in [-0.25, -0.2) is 0 Å². The molecule has 2 aliphatic heterocycles. The SMILES string of the molecule is CC(C)(C)N1CC2CC(C1)C2(C)C(C)(C)C. The van der Waals surface area contributed by atoms with Gasteiger partial charge in [-0.2, -0.15) is 0 Å². The van der Waals surface area contributed by atoms with Gasteiger partial charge >= 0.3 is 0 Å². The molecule has 1 nitrogen and oxygen atoms in total. The van der Waals surface area contributed by atoms with E-state index in [0.29, 0.717) is 16.4 Å². The highest BCUT2D eigenvalue weighted by Gasteiger charge is 2.61. The van der Waals surface area contributed by atoms with Crippen molar-refractivity contribution in [2.75, 3.05) is 13.1 Å². The second kappa shape index (κ2) is 3.25. The molecule has 3 aliphatic rings. The number of hydrogen-bond donors (Lipinski definition) is 0. The van der Waals surface area contributed by atoms with Gasteiger partial charge in [0.1, 0.15) is 0 Å². The van der Waals surface area contributed by atoms with Crippen molar-refractivity contribution in [2.45, 2.75) is 60.4 Å². The van der Waals surface area contributed by atoms with Crippen molar-refractivity contribution in [3.05, 3.63) is 0 Å². The summed E-state index contributed by atoms with van der Waals surface area (Å²) < 4.78 is 0. The minimum absolute atomic E-state index is 0.357. The molecule has 1 aliphatic carbocycles. The summed E-state index contributed by atoms with van der Waals surface area (Å²) in [4.78, 5) is 2.69. The Morgan fingerprint density at radius 3 is 1.69 bits per heavy atom. The lowest BCUT2D eigenvalue weighted by Gasteiger charge is -2.68. The highest BCUT2D eigenvalue weighted by atomic mass is 15.2. The summed E-state index contributed by atoms with van der Waals surface area (Å²) in [6, 6.07) is 0. The molecule has 2 bridgehead atoms. The van der Waals surface area contributed by atoms with E-state index in [1.54, 1.807) is 0 Å². The number of rotatable bonds is 0. The van der Waals surface area contributed by atoms with Gasteiger partial charge in [0.2, 0.25) is 0 Å². The van der Waals surface area contributed by atoms with Crippen LogP contribution in [0.3, 0.4) is 0 Å². The molecule has 0 aromatic heterocycles. The lowest BCUT2D eigenvalue weighted by atomic mass is 9.42. The zero-order chi connectivity index (χ0) is 12.4. The van der Waals surface area contributed by atoms with Gasteiger partial charge in [0.15, 0.2) is 0 Å². The van der Waals surface area contributed by atoms with E-state index in [-0.39, 0.29) is 0 Å². The van der Waals surface area contributed by atoms with Crippen LogP contribution in [0.4, 0.5) is 0 Å². The predicted molar refractivity (Wildman–Crippen MR) is 70.5 cm³/mol. The number of fused-ring (bicyclic) bond motifs is 2. The van der Waals surface area contributed by atoms with Crippen molar-refractivity contribution in [3.8, 4) is 0 Å². The van der Waals surface area contributed by atoms with Crippen LogP contribution in [0.25, 0.3) is 0 Å². The average molecular weight is 223 g/mol. The van der Waals surface area contributed by atoms with Crippen LogP contribution in [-0.4, -0.2) is 23.5 Å². The van der Waals surface area contributed by atoms with E-state index in [4.69, 9.17) is 0 Å². The van der Waals surface area contributed by atoms with Crippen LogP contribution >= 0.6 is 0 Å². The van der Waals surface area contributed by atoms with Crippen molar-refractivity contribution in [3.63, 3.8) is 0 Å². The second-order valence-electron chi connectivity index (χ2n) is 8.24. The number of piperidine rings is 2.